The van der Waals surface area contributed by atoms with Crippen molar-refractivity contribution >= 4 is 17.9 Å². The molecule has 3 N–H and O–H groups in total. The predicted molar refractivity (Wildman–Crippen MR) is 219 cm³/mol. The van der Waals surface area contributed by atoms with Crippen molar-refractivity contribution in [3.63, 3.8) is 0 Å². The summed E-state index contributed by atoms with van der Waals surface area (Å²) in [5, 5.41) is 34.6. The Morgan fingerprint density at radius 2 is 1.47 bits per heavy atom. The highest BCUT2D eigenvalue weighted by atomic mass is 16.7. The summed E-state index contributed by atoms with van der Waals surface area (Å²) in [7, 11) is 1.25. The van der Waals surface area contributed by atoms with E-state index in [9.17, 15) is 29.7 Å². The molecule has 332 valence electrons. The van der Waals surface area contributed by atoms with Gasteiger partial charge in [-0.05, 0) is 70.3 Å². The summed E-state index contributed by atoms with van der Waals surface area (Å²) in [4.78, 5) is 39.6. The molecular weight excluding hydrogens is 744 g/mol. The number of cyclic esters (lactones) is 1. The minimum Gasteiger partial charge on any atom is -0.466 e. The Kier molecular flexibility index (Phi) is 20.1. The number of methoxy groups -OCH3 is 1. The lowest BCUT2D eigenvalue weighted by molar-refractivity contribution is -0.327. The van der Waals surface area contributed by atoms with Crippen LogP contribution in [0.4, 0.5) is 0 Å². The van der Waals surface area contributed by atoms with Gasteiger partial charge in [0.2, 0.25) is 5.79 Å². The Labute approximate surface area is 347 Å². The lowest BCUT2D eigenvalue weighted by atomic mass is 9.74. The number of fused-ring (bicyclic) bond motifs is 6. The molecule has 0 saturated carbocycles. The zero-order chi connectivity index (χ0) is 42.1. The zero-order valence-corrected chi connectivity index (χ0v) is 36.2. The number of ether oxygens (including phenoxy) is 6. The van der Waals surface area contributed by atoms with Gasteiger partial charge < -0.3 is 43.7 Å². The summed E-state index contributed by atoms with van der Waals surface area (Å²) in [5.41, 5.74) is -0.937. The normalized spacial score (nSPS) is 34.0. The number of aliphatic hydroxyl groups is 3. The number of rotatable bonds is 15. The fourth-order valence-corrected chi connectivity index (χ4v) is 8.96. The Balaban J connectivity index is 1.57. The highest BCUT2D eigenvalue weighted by molar-refractivity contribution is 5.83. The lowest BCUT2D eigenvalue weighted by Crippen LogP contribution is -2.62. The Morgan fingerprint density at radius 3 is 2.10 bits per heavy atom. The molecule has 3 saturated heterocycles. The maximum atomic E-state index is 13.6. The van der Waals surface area contributed by atoms with Crippen LogP contribution in [0.5, 0.6) is 0 Å². The molecule has 0 spiro atoms. The first-order chi connectivity index (χ1) is 27.7. The molecule has 12 heteroatoms. The highest BCUT2D eigenvalue weighted by Crippen LogP contribution is 2.47. The number of esters is 3. The summed E-state index contributed by atoms with van der Waals surface area (Å²) in [6, 6.07) is 0. The molecule has 4 aliphatic heterocycles. The van der Waals surface area contributed by atoms with E-state index in [0.29, 0.717) is 12.8 Å². The van der Waals surface area contributed by atoms with Crippen LogP contribution in [0.3, 0.4) is 0 Å². The van der Waals surface area contributed by atoms with E-state index in [1.54, 1.807) is 13.8 Å². The van der Waals surface area contributed by atoms with E-state index in [1.807, 2.05) is 12.2 Å². The second kappa shape index (κ2) is 24.2. The maximum absolute atomic E-state index is 13.6. The van der Waals surface area contributed by atoms with Crippen LogP contribution in [0, 0.1) is 5.41 Å². The molecule has 0 aromatic heterocycles. The van der Waals surface area contributed by atoms with Gasteiger partial charge in [0, 0.05) is 30.8 Å². The van der Waals surface area contributed by atoms with Crippen LogP contribution in [0.1, 0.15) is 175 Å². The quantitative estimate of drug-likeness (QED) is 0.0482. The summed E-state index contributed by atoms with van der Waals surface area (Å²) >= 11 is 0. The van der Waals surface area contributed by atoms with Crippen molar-refractivity contribution in [3.05, 3.63) is 23.8 Å². The topological polar surface area (TPSA) is 167 Å². The first-order valence-electron chi connectivity index (χ1n) is 22.7. The molecule has 0 aromatic rings. The standard InChI is InChI=1S/C46H76O12/c1-6-7-8-9-10-11-12-13-14-15-16-23-41(49)57-44-33(27-42(50)53-5)26-39-31-40(32(2)47)56-43(51)29-34(48)28-36-20-18-22-38(55-36)30-37-21-17-19-35(54-37)24-25-45(3,4)46(44,52)58-39/h24-25,27,32,34-40,44,47-48,52H,6-23,26,28-31H2,1-5H3/b25-24-,33-27+/t32-,34-,35-,36+,37+,38-,39+,40-,44+,46-/m1/s1. The van der Waals surface area contributed by atoms with Crippen molar-refractivity contribution in [1.29, 1.82) is 0 Å². The average molecular weight is 821 g/mol. The molecule has 3 fully saturated rings. The van der Waals surface area contributed by atoms with E-state index in [1.165, 1.54) is 65.1 Å². The molecule has 4 heterocycles. The van der Waals surface area contributed by atoms with Gasteiger partial charge in [-0.1, -0.05) is 97.1 Å². The third kappa shape index (κ3) is 15.3. The Bertz CT molecular complexity index is 1330. The smallest absolute Gasteiger partial charge is 0.330 e. The lowest BCUT2D eigenvalue weighted by Gasteiger charge is -2.51. The van der Waals surface area contributed by atoms with E-state index in [0.717, 1.165) is 57.8 Å². The van der Waals surface area contributed by atoms with Crippen molar-refractivity contribution < 1.29 is 58.1 Å². The summed E-state index contributed by atoms with van der Waals surface area (Å²) in [6.45, 7) is 7.28. The van der Waals surface area contributed by atoms with E-state index in [2.05, 4.69) is 6.92 Å². The fraction of sp³-hybridized carbons (Fsp3) is 0.848. The molecule has 0 aliphatic carbocycles. The van der Waals surface area contributed by atoms with Crippen LogP contribution < -0.4 is 0 Å². The largest absolute Gasteiger partial charge is 0.466 e. The van der Waals surface area contributed by atoms with Crippen molar-refractivity contribution in [2.24, 2.45) is 5.41 Å². The minimum absolute atomic E-state index is 0.0184. The second-order valence-corrected chi connectivity index (χ2v) is 18.0. The molecule has 10 atom stereocenters. The summed E-state index contributed by atoms with van der Waals surface area (Å²) < 4.78 is 36.4. The number of aliphatic hydroxyl groups excluding tert-OH is 2. The van der Waals surface area contributed by atoms with Gasteiger partial charge in [0.25, 0.3) is 0 Å². The van der Waals surface area contributed by atoms with Gasteiger partial charge in [-0.3, -0.25) is 9.59 Å². The van der Waals surface area contributed by atoms with Crippen LogP contribution in [0.2, 0.25) is 0 Å². The second-order valence-electron chi connectivity index (χ2n) is 18.0. The Hall–Kier alpha value is -2.35. The SMILES string of the molecule is CCCCCCCCCCCCCC(=O)O[C@H]1/C(=C/C(=O)OC)C[C@H]2C[C@H]([C@@H](C)O)OC(=O)C[C@H](O)C[C@@H]3CCC[C@H](C[C@@H]4CCC[C@H](/C=C\C(C)(C)[C@]1(O)O2)O4)O3. The van der Waals surface area contributed by atoms with Gasteiger partial charge >= 0.3 is 17.9 Å². The molecular formula is C46H76O12. The van der Waals surface area contributed by atoms with Crippen LogP contribution in [-0.4, -0.2) is 101 Å². The molecule has 58 heavy (non-hydrogen) atoms. The number of unbranched alkanes of at least 4 members (excludes halogenated alkanes) is 10. The molecule has 0 unspecified atom stereocenters. The van der Waals surface area contributed by atoms with Gasteiger partial charge in [-0.2, -0.15) is 0 Å². The zero-order valence-electron chi connectivity index (χ0n) is 36.2. The number of carbonyl (C=O) groups excluding carboxylic acids is 3. The fourth-order valence-electron chi connectivity index (χ4n) is 8.96. The first kappa shape index (κ1) is 48.3. The predicted octanol–water partition coefficient (Wildman–Crippen LogP) is 7.86. The van der Waals surface area contributed by atoms with Gasteiger partial charge in [0.1, 0.15) is 6.10 Å². The van der Waals surface area contributed by atoms with Crippen molar-refractivity contribution in [2.75, 3.05) is 7.11 Å². The highest BCUT2D eigenvalue weighted by Gasteiger charge is 2.57. The third-order valence-electron chi connectivity index (χ3n) is 12.5. The van der Waals surface area contributed by atoms with E-state index < -0.39 is 59.6 Å². The number of carbonyl (C=O) groups is 3. The van der Waals surface area contributed by atoms with Gasteiger partial charge in [0.05, 0.1) is 56.3 Å². The van der Waals surface area contributed by atoms with E-state index in [-0.39, 0.29) is 62.1 Å². The molecule has 0 aromatic carbocycles. The van der Waals surface area contributed by atoms with Crippen LogP contribution >= 0.6 is 0 Å². The van der Waals surface area contributed by atoms with Gasteiger partial charge in [-0.25, -0.2) is 4.79 Å². The first-order valence-corrected chi connectivity index (χ1v) is 22.7. The van der Waals surface area contributed by atoms with E-state index >= 15 is 0 Å². The molecule has 0 amide bonds. The molecule has 4 aliphatic rings. The van der Waals surface area contributed by atoms with Crippen molar-refractivity contribution in [2.45, 2.75) is 236 Å². The van der Waals surface area contributed by atoms with Crippen molar-refractivity contribution in [3.8, 4) is 0 Å². The summed E-state index contributed by atoms with van der Waals surface area (Å²) in [6.07, 6.45) is 17.7. The summed E-state index contributed by atoms with van der Waals surface area (Å²) in [5.74, 6) is -4.10. The van der Waals surface area contributed by atoms with Crippen molar-refractivity contribution in [1.82, 2.24) is 0 Å². The molecule has 0 radical (unpaired) electrons. The maximum Gasteiger partial charge on any atom is 0.330 e. The molecule has 12 nitrogen and oxygen atoms in total. The van der Waals surface area contributed by atoms with Crippen LogP contribution in [0.25, 0.3) is 0 Å². The molecule has 6 bridgehead atoms. The van der Waals surface area contributed by atoms with Gasteiger partial charge in [0.15, 0.2) is 6.10 Å². The minimum atomic E-state index is -2.21. The van der Waals surface area contributed by atoms with Crippen LogP contribution in [-0.2, 0) is 42.8 Å². The number of hydrogen-bond donors (Lipinski definition) is 3. The van der Waals surface area contributed by atoms with E-state index in [4.69, 9.17) is 28.4 Å². The monoisotopic (exact) mass is 821 g/mol. The van der Waals surface area contributed by atoms with Gasteiger partial charge in [-0.15, -0.1) is 0 Å². The average Bonchev–Trinajstić information content (AvgIpc) is 3.17. The third-order valence-corrected chi connectivity index (χ3v) is 12.5. The van der Waals surface area contributed by atoms with Crippen LogP contribution in [0.15, 0.2) is 23.8 Å². The Morgan fingerprint density at radius 1 is 0.862 bits per heavy atom. The molecule has 4 rings (SSSR count). The number of hydrogen-bond acceptors (Lipinski definition) is 12.